The maximum Gasteiger partial charge on any atom is 0.408 e. The summed E-state index contributed by atoms with van der Waals surface area (Å²) >= 11 is 5.73. The number of carbonyl (C=O) groups is 1. The Bertz CT molecular complexity index is 1090. The van der Waals surface area contributed by atoms with Gasteiger partial charge in [0.15, 0.2) is 11.6 Å². The van der Waals surface area contributed by atoms with Crippen LogP contribution < -0.4 is 15.4 Å². The van der Waals surface area contributed by atoms with Crippen molar-refractivity contribution in [1.29, 1.82) is 0 Å². The van der Waals surface area contributed by atoms with E-state index >= 15 is 0 Å². The van der Waals surface area contributed by atoms with E-state index in [-0.39, 0.29) is 17.7 Å². The number of ether oxygens (including phenoxy) is 2. The van der Waals surface area contributed by atoms with Gasteiger partial charge in [0.2, 0.25) is 5.28 Å². The fraction of sp³-hybridized carbons (Fsp3) is 0.0952. The number of anilines is 2. The lowest BCUT2D eigenvalue weighted by Gasteiger charge is -2.22. The molecule has 4 rings (SSSR count). The van der Waals surface area contributed by atoms with Crippen LogP contribution in [0.3, 0.4) is 0 Å². The minimum atomic E-state index is -0.646. The monoisotopic (exact) mass is 426 g/mol. The zero-order chi connectivity index (χ0) is 20.9. The number of benzene rings is 2. The SMILES string of the molecule is O=C(NC1C=COc2ccc(Nc3nc(Cl)ncc3F)cc21)OCc1ccccc1. The normalized spacial score (nSPS) is 14.4. The number of halogens is 2. The van der Waals surface area contributed by atoms with Crippen LogP contribution in [-0.4, -0.2) is 16.1 Å². The number of aromatic nitrogens is 2. The Morgan fingerprint density at radius 2 is 2.07 bits per heavy atom. The molecule has 1 unspecified atom stereocenters. The van der Waals surface area contributed by atoms with Gasteiger partial charge in [-0.2, -0.15) is 4.98 Å². The van der Waals surface area contributed by atoms with Gasteiger partial charge < -0.3 is 20.1 Å². The summed E-state index contributed by atoms with van der Waals surface area (Å²) in [4.78, 5) is 19.7. The first-order chi connectivity index (χ1) is 14.6. The van der Waals surface area contributed by atoms with Crippen molar-refractivity contribution in [3.8, 4) is 5.75 Å². The van der Waals surface area contributed by atoms with Crippen molar-refractivity contribution in [3.05, 3.63) is 89.3 Å². The van der Waals surface area contributed by atoms with Crippen LogP contribution in [0, 0.1) is 5.82 Å². The van der Waals surface area contributed by atoms with Gasteiger partial charge in [0.1, 0.15) is 12.4 Å². The molecule has 1 aliphatic rings. The van der Waals surface area contributed by atoms with Gasteiger partial charge in [-0.1, -0.05) is 30.3 Å². The smallest absolute Gasteiger partial charge is 0.408 e. The average molecular weight is 427 g/mol. The van der Waals surface area contributed by atoms with Crippen LogP contribution in [0.5, 0.6) is 5.75 Å². The first-order valence-electron chi connectivity index (χ1n) is 8.98. The molecule has 152 valence electrons. The van der Waals surface area contributed by atoms with Gasteiger partial charge in [0, 0.05) is 11.3 Å². The zero-order valence-electron chi connectivity index (χ0n) is 15.5. The Kier molecular flexibility index (Phi) is 5.76. The summed E-state index contributed by atoms with van der Waals surface area (Å²) in [6.07, 6.45) is 3.57. The molecular weight excluding hydrogens is 411 g/mol. The predicted molar refractivity (Wildman–Crippen MR) is 109 cm³/mol. The van der Waals surface area contributed by atoms with Crippen LogP contribution >= 0.6 is 11.6 Å². The Hall–Kier alpha value is -3.65. The third kappa shape index (κ3) is 4.66. The minimum Gasteiger partial charge on any atom is -0.465 e. The Labute approximate surface area is 176 Å². The predicted octanol–water partition coefficient (Wildman–Crippen LogP) is 4.89. The van der Waals surface area contributed by atoms with Gasteiger partial charge in [-0.25, -0.2) is 14.2 Å². The van der Waals surface area contributed by atoms with Crippen molar-refractivity contribution in [3.63, 3.8) is 0 Å². The molecule has 1 atom stereocenters. The van der Waals surface area contributed by atoms with E-state index in [0.717, 1.165) is 11.8 Å². The van der Waals surface area contributed by atoms with Crippen molar-refractivity contribution >= 4 is 29.2 Å². The number of rotatable bonds is 5. The second-order valence-electron chi connectivity index (χ2n) is 6.34. The molecule has 1 aromatic heterocycles. The fourth-order valence-electron chi connectivity index (χ4n) is 2.86. The van der Waals surface area contributed by atoms with Crippen LogP contribution in [0.25, 0.3) is 0 Å². The summed E-state index contributed by atoms with van der Waals surface area (Å²) in [5, 5.41) is 5.55. The highest BCUT2D eigenvalue weighted by molar-refractivity contribution is 6.28. The summed E-state index contributed by atoms with van der Waals surface area (Å²) < 4.78 is 24.7. The van der Waals surface area contributed by atoms with E-state index < -0.39 is 18.0 Å². The van der Waals surface area contributed by atoms with Gasteiger partial charge in [0.25, 0.3) is 0 Å². The first-order valence-corrected chi connectivity index (χ1v) is 9.36. The molecule has 7 nitrogen and oxygen atoms in total. The molecule has 9 heteroatoms. The number of nitrogens with zero attached hydrogens (tertiary/aromatic N) is 2. The third-order valence-electron chi connectivity index (χ3n) is 4.27. The maximum atomic E-state index is 13.9. The summed E-state index contributed by atoms with van der Waals surface area (Å²) in [6.45, 7) is 0.155. The Morgan fingerprint density at radius 1 is 1.23 bits per heavy atom. The molecule has 3 aromatic rings. The molecule has 0 saturated carbocycles. The summed E-state index contributed by atoms with van der Waals surface area (Å²) in [7, 11) is 0. The lowest BCUT2D eigenvalue weighted by atomic mass is 10.0. The molecule has 0 saturated heterocycles. The molecule has 0 aliphatic carbocycles. The van der Waals surface area contributed by atoms with Crippen LogP contribution in [0.2, 0.25) is 5.28 Å². The lowest BCUT2D eigenvalue weighted by molar-refractivity contribution is 0.137. The largest absolute Gasteiger partial charge is 0.465 e. The number of nitrogens with one attached hydrogen (secondary N) is 2. The quantitative estimate of drug-likeness (QED) is 0.565. The van der Waals surface area contributed by atoms with Crippen molar-refractivity contribution < 1.29 is 18.7 Å². The molecule has 1 amide bonds. The highest BCUT2D eigenvalue weighted by atomic mass is 35.5. The molecule has 1 aliphatic heterocycles. The van der Waals surface area contributed by atoms with E-state index in [1.54, 1.807) is 24.3 Å². The molecule has 0 radical (unpaired) electrons. The molecular formula is C21H16ClFN4O3. The molecule has 0 bridgehead atoms. The van der Waals surface area contributed by atoms with Crippen LogP contribution in [0.4, 0.5) is 20.7 Å². The van der Waals surface area contributed by atoms with Crippen molar-refractivity contribution in [2.75, 3.05) is 5.32 Å². The number of hydrogen-bond acceptors (Lipinski definition) is 6. The van der Waals surface area contributed by atoms with Crippen molar-refractivity contribution in [2.45, 2.75) is 12.6 Å². The number of amides is 1. The number of fused-ring (bicyclic) bond motifs is 1. The number of alkyl carbamates (subject to hydrolysis) is 1. The van der Waals surface area contributed by atoms with E-state index in [1.165, 1.54) is 6.26 Å². The van der Waals surface area contributed by atoms with Crippen LogP contribution in [-0.2, 0) is 11.3 Å². The average Bonchev–Trinajstić information content (AvgIpc) is 2.76. The first kappa shape index (κ1) is 19.7. The molecule has 2 heterocycles. The maximum absolute atomic E-state index is 13.9. The van der Waals surface area contributed by atoms with Gasteiger partial charge in [0.05, 0.1) is 18.5 Å². The van der Waals surface area contributed by atoms with E-state index in [4.69, 9.17) is 21.1 Å². The van der Waals surface area contributed by atoms with Gasteiger partial charge in [-0.3, -0.25) is 0 Å². The van der Waals surface area contributed by atoms with Gasteiger partial charge in [-0.05, 0) is 41.4 Å². The molecule has 2 N–H and O–H groups in total. The van der Waals surface area contributed by atoms with E-state index in [1.807, 2.05) is 30.3 Å². The lowest BCUT2D eigenvalue weighted by Crippen LogP contribution is -2.29. The highest BCUT2D eigenvalue weighted by Crippen LogP contribution is 2.33. The summed E-state index contributed by atoms with van der Waals surface area (Å²) in [5.74, 6) is -0.154. The molecule has 2 aromatic carbocycles. The van der Waals surface area contributed by atoms with E-state index in [9.17, 15) is 9.18 Å². The van der Waals surface area contributed by atoms with Crippen molar-refractivity contribution in [1.82, 2.24) is 15.3 Å². The highest BCUT2D eigenvalue weighted by Gasteiger charge is 2.21. The van der Waals surface area contributed by atoms with Crippen molar-refractivity contribution in [2.24, 2.45) is 0 Å². The molecule has 30 heavy (non-hydrogen) atoms. The van der Waals surface area contributed by atoms with E-state index in [0.29, 0.717) is 17.0 Å². The standard InChI is InChI=1S/C21H16ClFN4O3/c22-20-24-11-16(23)19(27-20)25-14-6-7-18-15(10-14)17(8-9-29-18)26-21(28)30-12-13-4-2-1-3-5-13/h1-11,17H,12H2,(H,26,28)(H,24,25,27). The summed E-state index contributed by atoms with van der Waals surface area (Å²) in [6, 6.07) is 14.0. The van der Waals surface area contributed by atoms with Gasteiger partial charge >= 0.3 is 6.09 Å². The Morgan fingerprint density at radius 3 is 2.90 bits per heavy atom. The Balaban J connectivity index is 1.47. The second-order valence-corrected chi connectivity index (χ2v) is 6.68. The number of hydrogen-bond donors (Lipinski definition) is 2. The fourth-order valence-corrected chi connectivity index (χ4v) is 2.99. The second kappa shape index (κ2) is 8.79. The van der Waals surface area contributed by atoms with E-state index in [2.05, 4.69) is 20.6 Å². The topological polar surface area (TPSA) is 85.4 Å². The van der Waals surface area contributed by atoms with Gasteiger partial charge in [-0.15, -0.1) is 0 Å². The van der Waals surface area contributed by atoms with Crippen LogP contribution in [0.1, 0.15) is 17.2 Å². The minimum absolute atomic E-state index is 0.0611. The molecule has 0 fully saturated rings. The third-order valence-corrected chi connectivity index (χ3v) is 4.46. The zero-order valence-corrected chi connectivity index (χ0v) is 16.3. The summed E-state index contributed by atoms with van der Waals surface area (Å²) in [5.41, 5.74) is 2.08. The number of carbonyl (C=O) groups excluding carboxylic acids is 1. The molecule has 0 spiro atoms. The van der Waals surface area contributed by atoms with Crippen LogP contribution in [0.15, 0.2) is 67.1 Å².